The molecule has 1 aliphatic carbocycles. The molecule has 3 aliphatic rings. The maximum absolute atomic E-state index is 12.5. The Kier molecular flexibility index (Phi) is 4.61. The Labute approximate surface area is 149 Å². The fourth-order valence-electron chi connectivity index (χ4n) is 4.11. The summed E-state index contributed by atoms with van der Waals surface area (Å²) in [5.41, 5.74) is 1.80. The number of allylic oxidation sites excluding steroid dienone is 2. The highest BCUT2D eigenvalue weighted by Crippen LogP contribution is 2.37. The molecule has 2 fully saturated rings. The van der Waals surface area contributed by atoms with E-state index in [1.54, 1.807) is 0 Å². The maximum atomic E-state index is 12.5. The van der Waals surface area contributed by atoms with E-state index in [4.69, 9.17) is 9.47 Å². The van der Waals surface area contributed by atoms with Gasteiger partial charge in [-0.1, -0.05) is 18.2 Å². The summed E-state index contributed by atoms with van der Waals surface area (Å²) in [6.45, 7) is 4.67. The number of ether oxygens (including phenoxy) is 2. The lowest BCUT2D eigenvalue weighted by molar-refractivity contribution is -0.204. The second-order valence-corrected chi connectivity index (χ2v) is 7.56. The van der Waals surface area contributed by atoms with Crippen molar-refractivity contribution in [3.63, 3.8) is 0 Å². The highest BCUT2D eigenvalue weighted by Gasteiger charge is 2.50. The molecule has 4 rings (SSSR count). The molecule has 0 N–H and O–H groups in total. The SMILES string of the molecule is Cc1cccc(COC2CCOC3(C2)CN(C(=O)C2CC=CC2)C3)n1. The quantitative estimate of drug-likeness (QED) is 0.790. The molecular formula is C20H26N2O3. The molecule has 1 atom stereocenters. The van der Waals surface area contributed by atoms with Crippen LogP contribution in [0, 0.1) is 12.8 Å². The van der Waals surface area contributed by atoms with Gasteiger partial charge in [-0.15, -0.1) is 0 Å². The molecule has 0 aromatic carbocycles. The third kappa shape index (κ3) is 3.62. The average molecular weight is 342 g/mol. The third-order valence-electron chi connectivity index (χ3n) is 5.49. The molecule has 3 heterocycles. The Bertz CT molecular complexity index is 659. The van der Waals surface area contributed by atoms with Crippen LogP contribution < -0.4 is 0 Å². The Morgan fingerprint density at radius 1 is 1.36 bits per heavy atom. The third-order valence-corrected chi connectivity index (χ3v) is 5.49. The molecule has 1 unspecified atom stereocenters. The highest BCUT2D eigenvalue weighted by molar-refractivity contribution is 5.80. The highest BCUT2D eigenvalue weighted by atomic mass is 16.5. The number of nitrogens with zero attached hydrogens (tertiary/aromatic N) is 2. The standard InChI is InChI=1S/C20H26N2O3/c1-15-5-4-8-17(21-15)12-24-18-9-10-25-20(11-18)13-22(14-20)19(23)16-6-2-3-7-16/h2-5,8,16,18H,6-7,9-14H2,1H3. The largest absolute Gasteiger partial charge is 0.372 e. The Morgan fingerprint density at radius 2 is 2.16 bits per heavy atom. The van der Waals surface area contributed by atoms with Gasteiger partial charge in [-0.25, -0.2) is 0 Å². The first-order chi connectivity index (χ1) is 12.1. The number of likely N-dealkylation sites (tertiary alicyclic amines) is 1. The van der Waals surface area contributed by atoms with Gasteiger partial charge in [0.1, 0.15) is 5.60 Å². The van der Waals surface area contributed by atoms with Gasteiger partial charge in [0.05, 0.1) is 31.5 Å². The molecule has 0 radical (unpaired) electrons. The summed E-state index contributed by atoms with van der Waals surface area (Å²) in [4.78, 5) is 18.9. The van der Waals surface area contributed by atoms with E-state index in [-0.39, 0.29) is 23.5 Å². The molecule has 0 bridgehead atoms. The number of carbonyl (C=O) groups is 1. The first-order valence-corrected chi connectivity index (χ1v) is 9.25. The van der Waals surface area contributed by atoms with Crippen LogP contribution in [0.4, 0.5) is 0 Å². The molecule has 1 spiro atoms. The van der Waals surface area contributed by atoms with Crippen LogP contribution >= 0.6 is 0 Å². The second-order valence-electron chi connectivity index (χ2n) is 7.56. The molecule has 1 aromatic heterocycles. The van der Waals surface area contributed by atoms with Crippen molar-refractivity contribution >= 4 is 5.91 Å². The van der Waals surface area contributed by atoms with Crippen LogP contribution in [0.15, 0.2) is 30.4 Å². The first-order valence-electron chi connectivity index (χ1n) is 9.25. The van der Waals surface area contributed by atoms with Gasteiger partial charge in [-0.05, 0) is 38.3 Å². The molecular weight excluding hydrogens is 316 g/mol. The van der Waals surface area contributed by atoms with Crippen LogP contribution in [0.5, 0.6) is 0 Å². The van der Waals surface area contributed by atoms with Crippen LogP contribution in [0.2, 0.25) is 0 Å². The van der Waals surface area contributed by atoms with Crippen molar-refractivity contribution in [1.29, 1.82) is 0 Å². The molecule has 2 aliphatic heterocycles. The van der Waals surface area contributed by atoms with Crippen LogP contribution in [-0.4, -0.2) is 47.2 Å². The molecule has 25 heavy (non-hydrogen) atoms. The van der Waals surface area contributed by atoms with Crippen molar-refractivity contribution in [3.8, 4) is 0 Å². The van der Waals surface area contributed by atoms with E-state index in [0.717, 1.165) is 37.1 Å². The summed E-state index contributed by atoms with van der Waals surface area (Å²) in [6, 6.07) is 6.01. The smallest absolute Gasteiger partial charge is 0.226 e. The number of aryl methyl sites for hydroxylation is 1. The zero-order chi connectivity index (χ0) is 17.3. The number of amides is 1. The van der Waals surface area contributed by atoms with Crippen molar-refractivity contribution in [1.82, 2.24) is 9.88 Å². The van der Waals surface area contributed by atoms with Gasteiger partial charge in [-0.2, -0.15) is 0 Å². The Morgan fingerprint density at radius 3 is 2.92 bits per heavy atom. The van der Waals surface area contributed by atoms with E-state index < -0.39 is 0 Å². The van der Waals surface area contributed by atoms with Crippen molar-refractivity contribution in [2.24, 2.45) is 5.92 Å². The second kappa shape index (κ2) is 6.89. The number of hydrogen-bond donors (Lipinski definition) is 0. The van der Waals surface area contributed by atoms with Gasteiger partial charge in [0.15, 0.2) is 0 Å². The van der Waals surface area contributed by atoms with E-state index in [9.17, 15) is 4.79 Å². The van der Waals surface area contributed by atoms with E-state index in [2.05, 4.69) is 17.1 Å². The lowest BCUT2D eigenvalue weighted by Gasteiger charge is -2.53. The summed E-state index contributed by atoms with van der Waals surface area (Å²) < 4.78 is 12.1. The summed E-state index contributed by atoms with van der Waals surface area (Å²) >= 11 is 0. The number of pyridine rings is 1. The monoisotopic (exact) mass is 342 g/mol. The molecule has 5 heteroatoms. The van der Waals surface area contributed by atoms with Crippen LogP contribution in [0.1, 0.15) is 37.1 Å². The number of rotatable bonds is 4. The van der Waals surface area contributed by atoms with Gasteiger partial charge in [-0.3, -0.25) is 9.78 Å². The van der Waals surface area contributed by atoms with E-state index in [1.807, 2.05) is 30.0 Å². The molecule has 1 aromatic rings. The van der Waals surface area contributed by atoms with E-state index in [1.165, 1.54) is 0 Å². The minimum atomic E-state index is -0.190. The summed E-state index contributed by atoms with van der Waals surface area (Å²) in [6.07, 6.45) is 7.95. The zero-order valence-electron chi connectivity index (χ0n) is 14.8. The fourth-order valence-corrected chi connectivity index (χ4v) is 4.11. The predicted octanol–water partition coefficient (Wildman–Crippen LogP) is 2.63. The minimum Gasteiger partial charge on any atom is -0.372 e. The summed E-state index contributed by atoms with van der Waals surface area (Å²) in [7, 11) is 0. The van der Waals surface area contributed by atoms with Crippen molar-refractivity contribution in [2.75, 3.05) is 19.7 Å². The van der Waals surface area contributed by atoms with Crippen LogP contribution in [0.25, 0.3) is 0 Å². The van der Waals surface area contributed by atoms with Gasteiger partial charge < -0.3 is 14.4 Å². The van der Waals surface area contributed by atoms with Crippen LogP contribution in [0.3, 0.4) is 0 Å². The topological polar surface area (TPSA) is 51.7 Å². The molecule has 134 valence electrons. The Hall–Kier alpha value is -1.72. The molecule has 5 nitrogen and oxygen atoms in total. The summed E-state index contributed by atoms with van der Waals surface area (Å²) in [5, 5.41) is 0. The maximum Gasteiger partial charge on any atom is 0.226 e. The predicted molar refractivity (Wildman–Crippen MR) is 93.9 cm³/mol. The van der Waals surface area contributed by atoms with Gasteiger partial charge >= 0.3 is 0 Å². The lowest BCUT2D eigenvalue weighted by atomic mass is 9.83. The Balaban J connectivity index is 1.28. The van der Waals surface area contributed by atoms with Crippen LogP contribution in [-0.2, 0) is 20.9 Å². The van der Waals surface area contributed by atoms with Gasteiger partial charge in [0.25, 0.3) is 0 Å². The van der Waals surface area contributed by atoms with E-state index >= 15 is 0 Å². The molecule has 2 saturated heterocycles. The van der Waals surface area contributed by atoms with Crippen molar-refractivity contribution < 1.29 is 14.3 Å². The fraction of sp³-hybridized carbons (Fsp3) is 0.600. The van der Waals surface area contributed by atoms with E-state index in [0.29, 0.717) is 26.3 Å². The zero-order valence-corrected chi connectivity index (χ0v) is 14.8. The average Bonchev–Trinajstić information content (AvgIpc) is 3.12. The minimum absolute atomic E-state index is 0.153. The summed E-state index contributed by atoms with van der Waals surface area (Å²) in [5.74, 6) is 0.437. The molecule has 1 amide bonds. The lowest BCUT2D eigenvalue weighted by Crippen LogP contribution is -2.68. The van der Waals surface area contributed by atoms with Gasteiger partial charge in [0, 0.05) is 24.6 Å². The first kappa shape index (κ1) is 16.7. The number of hydrogen-bond acceptors (Lipinski definition) is 4. The van der Waals surface area contributed by atoms with Crippen molar-refractivity contribution in [3.05, 3.63) is 41.7 Å². The normalized spacial score (nSPS) is 25.3. The molecule has 0 saturated carbocycles. The van der Waals surface area contributed by atoms with Gasteiger partial charge in [0.2, 0.25) is 5.91 Å². The number of carbonyl (C=O) groups excluding carboxylic acids is 1. The van der Waals surface area contributed by atoms with Crippen molar-refractivity contribution in [2.45, 2.75) is 50.9 Å². The number of aromatic nitrogens is 1.